The first kappa shape index (κ1) is 9.63. The lowest BCUT2D eigenvalue weighted by Crippen LogP contribution is -2.16. The summed E-state index contributed by atoms with van der Waals surface area (Å²) in [7, 11) is 0. The van der Waals surface area contributed by atoms with Gasteiger partial charge in [-0.3, -0.25) is 9.78 Å². The van der Waals surface area contributed by atoms with E-state index in [1.54, 1.807) is 18.3 Å². The van der Waals surface area contributed by atoms with Crippen molar-refractivity contribution in [3.05, 3.63) is 29.6 Å². The van der Waals surface area contributed by atoms with Gasteiger partial charge in [0.25, 0.3) is 5.91 Å². The first-order valence-electron chi connectivity index (χ1n) is 3.77. The number of amides is 1. The SMILES string of the molecule is NCOCc1ncccc1C(N)=O. The van der Waals surface area contributed by atoms with Crippen LogP contribution in [0.1, 0.15) is 16.1 Å². The summed E-state index contributed by atoms with van der Waals surface area (Å²) in [5.41, 5.74) is 11.1. The van der Waals surface area contributed by atoms with Crippen molar-refractivity contribution in [3.63, 3.8) is 0 Å². The molecule has 0 atom stereocenters. The molecule has 5 nitrogen and oxygen atoms in total. The normalized spacial score (nSPS) is 9.92. The molecule has 0 aliphatic heterocycles. The largest absolute Gasteiger partial charge is 0.366 e. The Morgan fingerprint density at radius 1 is 1.62 bits per heavy atom. The molecule has 0 aliphatic rings. The minimum absolute atomic E-state index is 0.0920. The van der Waals surface area contributed by atoms with Crippen LogP contribution in [0.25, 0.3) is 0 Å². The lowest BCUT2D eigenvalue weighted by molar-refractivity contribution is 0.0984. The number of primary amides is 1. The molecule has 0 aromatic carbocycles. The van der Waals surface area contributed by atoms with Crippen LogP contribution in [0.15, 0.2) is 18.3 Å². The van der Waals surface area contributed by atoms with Crippen molar-refractivity contribution in [3.8, 4) is 0 Å². The number of nitrogens with zero attached hydrogens (tertiary/aromatic N) is 1. The number of carbonyl (C=O) groups excluding carboxylic acids is 1. The van der Waals surface area contributed by atoms with Crippen molar-refractivity contribution in [2.45, 2.75) is 6.61 Å². The molecule has 0 fully saturated rings. The predicted molar refractivity (Wildman–Crippen MR) is 46.6 cm³/mol. The second-order valence-electron chi connectivity index (χ2n) is 2.38. The van der Waals surface area contributed by atoms with Gasteiger partial charge in [0.15, 0.2) is 0 Å². The molecule has 13 heavy (non-hydrogen) atoms. The quantitative estimate of drug-likeness (QED) is 0.619. The van der Waals surface area contributed by atoms with E-state index in [1.165, 1.54) is 0 Å². The average Bonchev–Trinajstić information content (AvgIpc) is 2.15. The summed E-state index contributed by atoms with van der Waals surface area (Å²) in [5.74, 6) is -0.510. The van der Waals surface area contributed by atoms with Gasteiger partial charge in [0.2, 0.25) is 0 Å². The molecule has 1 heterocycles. The molecule has 5 heteroatoms. The highest BCUT2D eigenvalue weighted by Crippen LogP contribution is 2.05. The Bertz CT molecular complexity index is 301. The van der Waals surface area contributed by atoms with E-state index in [2.05, 4.69) is 4.98 Å². The average molecular weight is 181 g/mol. The third kappa shape index (κ3) is 2.50. The van der Waals surface area contributed by atoms with Crippen LogP contribution >= 0.6 is 0 Å². The second-order valence-corrected chi connectivity index (χ2v) is 2.38. The van der Waals surface area contributed by atoms with Gasteiger partial charge in [-0.05, 0) is 12.1 Å². The van der Waals surface area contributed by atoms with Crippen molar-refractivity contribution in [1.29, 1.82) is 0 Å². The Hall–Kier alpha value is -1.46. The molecule has 0 spiro atoms. The molecule has 0 bridgehead atoms. The van der Waals surface area contributed by atoms with Gasteiger partial charge in [-0.15, -0.1) is 0 Å². The Labute approximate surface area is 75.7 Å². The molecule has 0 aliphatic carbocycles. The topological polar surface area (TPSA) is 91.2 Å². The molecule has 1 rings (SSSR count). The van der Waals surface area contributed by atoms with Crippen LogP contribution in [0.5, 0.6) is 0 Å². The maximum atomic E-state index is 10.9. The summed E-state index contributed by atoms with van der Waals surface area (Å²) in [5, 5.41) is 0. The monoisotopic (exact) mass is 181 g/mol. The van der Waals surface area contributed by atoms with E-state index < -0.39 is 5.91 Å². The molecule has 1 aromatic heterocycles. The van der Waals surface area contributed by atoms with Gasteiger partial charge < -0.3 is 16.2 Å². The third-order valence-corrected chi connectivity index (χ3v) is 1.51. The van der Waals surface area contributed by atoms with Gasteiger partial charge in [-0.1, -0.05) is 0 Å². The minimum Gasteiger partial charge on any atom is -0.366 e. The van der Waals surface area contributed by atoms with Crippen molar-refractivity contribution in [1.82, 2.24) is 4.98 Å². The van der Waals surface area contributed by atoms with Gasteiger partial charge in [0, 0.05) is 6.20 Å². The van der Waals surface area contributed by atoms with Crippen LogP contribution < -0.4 is 11.5 Å². The highest BCUT2D eigenvalue weighted by molar-refractivity contribution is 5.93. The van der Waals surface area contributed by atoms with Crippen molar-refractivity contribution < 1.29 is 9.53 Å². The number of hydrogen-bond donors (Lipinski definition) is 2. The highest BCUT2D eigenvalue weighted by Gasteiger charge is 2.07. The van der Waals surface area contributed by atoms with Gasteiger partial charge in [-0.2, -0.15) is 0 Å². The zero-order valence-electron chi connectivity index (χ0n) is 7.06. The van der Waals surface area contributed by atoms with Crippen LogP contribution in [0, 0.1) is 0 Å². The number of aromatic nitrogens is 1. The van der Waals surface area contributed by atoms with Crippen molar-refractivity contribution in [2.24, 2.45) is 11.5 Å². The van der Waals surface area contributed by atoms with Crippen molar-refractivity contribution in [2.75, 3.05) is 6.73 Å². The first-order valence-corrected chi connectivity index (χ1v) is 3.77. The lowest BCUT2D eigenvalue weighted by atomic mass is 10.2. The summed E-state index contributed by atoms with van der Waals surface area (Å²) in [4.78, 5) is 14.8. The number of rotatable bonds is 4. The van der Waals surface area contributed by atoms with Crippen LogP contribution in [0.3, 0.4) is 0 Å². The Kier molecular flexibility index (Phi) is 3.36. The standard InChI is InChI=1S/C8H11N3O2/c9-5-13-4-7-6(8(10)12)2-1-3-11-7/h1-3H,4-5,9H2,(H2,10,12). The fourth-order valence-corrected chi connectivity index (χ4v) is 0.933. The summed E-state index contributed by atoms with van der Waals surface area (Å²) in [6.07, 6.45) is 1.57. The molecule has 1 amide bonds. The number of pyridine rings is 1. The zero-order chi connectivity index (χ0) is 9.68. The molecular weight excluding hydrogens is 170 g/mol. The highest BCUT2D eigenvalue weighted by atomic mass is 16.5. The van der Waals surface area contributed by atoms with E-state index in [1.807, 2.05) is 0 Å². The smallest absolute Gasteiger partial charge is 0.250 e. The van der Waals surface area contributed by atoms with E-state index in [9.17, 15) is 4.79 Å². The summed E-state index contributed by atoms with van der Waals surface area (Å²) >= 11 is 0. The van der Waals surface area contributed by atoms with Crippen LogP contribution in [-0.2, 0) is 11.3 Å². The van der Waals surface area contributed by atoms with Gasteiger partial charge in [0.05, 0.1) is 24.6 Å². The third-order valence-electron chi connectivity index (χ3n) is 1.51. The maximum Gasteiger partial charge on any atom is 0.250 e. The Balaban J connectivity index is 2.84. The van der Waals surface area contributed by atoms with Crippen LogP contribution in [0.2, 0.25) is 0 Å². The van der Waals surface area contributed by atoms with Crippen LogP contribution in [0.4, 0.5) is 0 Å². The fourth-order valence-electron chi connectivity index (χ4n) is 0.933. The van der Waals surface area contributed by atoms with E-state index in [0.717, 1.165) is 0 Å². The molecule has 0 radical (unpaired) electrons. The van der Waals surface area contributed by atoms with Crippen molar-refractivity contribution >= 4 is 5.91 Å². The summed E-state index contributed by atoms with van der Waals surface area (Å²) < 4.78 is 4.92. The lowest BCUT2D eigenvalue weighted by Gasteiger charge is -2.04. The number of nitrogens with two attached hydrogens (primary N) is 2. The molecule has 70 valence electrons. The van der Waals surface area contributed by atoms with E-state index in [4.69, 9.17) is 16.2 Å². The Morgan fingerprint density at radius 2 is 2.38 bits per heavy atom. The molecule has 0 saturated heterocycles. The maximum absolute atomic E-state index is 10.9. The Morgan fingerprint density at radius 3 is 3.00 bits per heavy atom. The predicted octanol–water partition coefficient (Wildman–Crippen LogP) is -0.387. The minimum atomic E-state index is -0.510. The molecule has 1 aromatic rings. The summed E-state index contributed by atoms with van der Waals surface area (Å²) in [6.45, 7) is 0.296. The zero-order valence-corrected chi connectivity index (χ0v) is 7.06. The van der Waals surface area contributed by atoms with Crippen LogP contribution in [-0.4, -0.2) is 17.6 Å². The van der Waals surface area contributed by atoms with E-state index in [0.29, 0.717) is 11.3 Å². The van der Waals surface area contributed by atoms with Gasteiger partial charge in [-0.25, -0.2) is 0 Å². The first-order chi connectivity index (χ1) is 6.25. The van der Waals surface area contributed by atoms with E-state index >= 15 is 0 Å². The number of ether oxygens (including phenoxy) is 1. The molecule has 4 N–H and O–H groups in total. The number of hydrogen-bond acceptors (Lipinski definition) is 4. The molecule has 0 unspecified atom stereocenters. The van der Waals surface area contributed by atoms with Gasteiger partial charge >= 0.3 is 0 Å². The molecular formula is C8H11N3O2. The second kappa shape index (κ2) is 4.54. The van der Waals surface area contributed by atoms with E-state index in [-0.39, 0.29) is 13.3 Å². The van der Waals surface area contributed by atoms with Gasteiger partial charge in [0.1, 0.15) is 0 Å². The number of carbonyl (C=O) groups is 1. The fraction of sp³-hybridized carbons (Fsp3) is 0.250. The summed E-state index contributed by atoms with van der Waals surface area (Å²) in [6, 6.07) is 3.25. The molecule has 0 saturated carbocycles.